The zero-order valence-electron chi connectivity index (χ0n) is 13.7. The van der Waals surface area contributed by atoms with Crippen molar-refractivity contribution >= 4 is 12.0 Å². The minimum absolute atomic E-state index is 0.0589. The number of amides is 2. The summed E-state index contributed by atoms with van der Waals surface area (Å²) < 4.78 is 38.7. The van der Waals surface area contributed by atoms with Crippen molar-refractivity contribution in [3.63, 3.8) is 0 Å². The Labute approximate surface area is 133 Å². The lowest BCUT2D eigenvalue weighted by molar-refractivity contribution is -0.187. The number of nitrogens with zero attached hydrogens (tertiary/aromatic N) is 1. The zero-order valence-corrected chi connectivity index (χ0v) is 13.7. The van der Waals surface area contributed by atoms with Crippen LogP contribution in [0.3, 0.4) is 0 Å². The van der Waals surface area contributed by atoms with E-state index in [-0.39, 0.29) is 16.7 Å². The van der Waals surface area contributed by atoms with E-state index in [1.807, 2.05) is 0 Å². The fraction of sp³-hybridized carbons (Fsp3) is 0.867. The predicted molar refractivity (Wildman–Crippen MR) is 76.7 cm³/mol. The monoisotopic (exact) mass is 336 g/mol. The highest BCUT2D eigenvalue weighted by atomic mass is 19.4. The van der Waals surface area contributed by atoms with Gasteiger partial charge in [0.05, 0.1) is 11.8 Å². The van der Waals surface area contributed by atoms with E-state index in [9.17, 15) is 22.8 Å². The van der Waals surface area contributed by atoms with Crippen molar-refractivity contribution in [3.8, 4) is 0 Å². The number of aliphatic carboxylic acids is 1. The molecule has 0 aromatic heterocycles. The Hall–Kier alpha value is -1.47. The van der Waals surface area contributed by atoms with Crippen molar-refractivity contribution in [3.05, 3.63) is 0 Å². The van der Waals surface area contributed by atoms with Crippen LogP contribution in [0.4, 0.5) is 18.0 Å². The normalized spacial score (nSPS) is 29.4. The number of likely N-dealkylation sites (tertiary alicyclic amines) is 1. The molecule has 1 saturated carbocycles. The molecule has 0 aromatic carbocycles. The average molecular weight is 336 g/mol. The maximum absolute atomic E-state index is 12.9. The first-order chi connectivity index (χ1) is 10.3. The lowest BCUT2D eigenvalue weighted by Gasteiger charge is -2.19. The Morgan fingerprint density at radius 2 is 1.70 bits per heavy atom. The molecule has 5 nitrogen and oxygen atoms in total. The van der Waals surface area contributed by atoms with Crippen LogP contribution in [0.15, 0.2) is 0 Å². The van der Waals surface area contributed by atoms with Crippen LogP contribution < -0.4 is 5.32 Å². The molecule has 2 rings (SSSR count). The molecule has 2 fully saturated rings. The summed E-state index contributed by atoms with van der Waals surface area (Å²) in [5, 5.41) is 11.6. The van der Waals surface area contributed by atoms with Crippen LogP contribution >= 0.6 is 0 Å². The summed E-state index contributed by atoms with van der Waals surface area (Å²) in [7, 11) is 0. The summed E-state index contributed by atoms with van der Waals surface area (Å²) >= 11 is 0. The van der Waals surface area contributed by atoms with Gasteiger partial charge in [0.1, 0.15) is 0 Å². The number of nitrogens with one attached hydrogen (secondary N) is 1. The van der Waals surface area contributed by atoms with E-state index in [2.05, 4.69) is 33.0 Å². The lowest BCUT2D eigenvalue weighted by Crippen LogP contribution is -2.40. The van der Waals surface area contributed by atoms with Gasteiger partial charge < -0.3 is 15.3 Å². The van der Waals surface area contributed by atoms with Gasteiger partial charge in [-0.3, -0.25) is 4.79 Å². The van der Waals surface area contributed by atoms with Crippen LogP contribution in [0.2, 0.25) is 0 Å². The molecule has 0 spiro atoms. The molecular weight excluding hydrogens is 313 g/mol. The minimum atomic E-state index is -4.63. The molecule has 0 radical (unpaired) electrons. The highest BCUT2D eigenvalue weighted by molar-refractivity contribution is 5.77. The molecule has 23 heavy (non-hydrogen) atoms. The molecule has 1 heterocycles. The van der Waals surface area contributed by atoms with Gasteiger partial charge in [-0.15, -0.1) is 0 Å². The molecule has 8 heteroatoms. The number of carbonyl (C=O) groups excluding carboxylic acids is 1. The van der Waals surface area contributed by atoms with Crippen LogP contribution in [0.1, 0.15) is 27.7 Å². The van der Waals surface area contributed by atoms with Gasteiger partial charge in [0.2, 0.25) is 0 Å². The summed E-state index contributed by atoms with van der Waals surface area (Å²) in [5.74, 6) is -4.89. The molecule has 1 aliphatic heterocycles. The number of rotatable bonds is 3. The fourth-order valence-corrected chi connectivity index (χ4v) is 3.70. The topological polar surface area (TPSA) is 69.6 Å². The van der Waals surface area contributed by atoms with E-state index in [0.717, 1.165) is 4.90 Å². The van der Waals surface area contributed by atoms with Crippen molar-refractivity contribution in [2.75, 3.05) is 19.6 Å². The SMILES string of the molecule is CC1(C)C(CNC(=O)N2C[C@@H](C(F)(F)F)[C@H](C(=O)O)C2)C1(C)C. The highest BCUT2D eigenvalue weighted by Gasteiger charge is 2.64. The van der Waals surface area contributed by atoms with E-state index in [1.165, 1.54) is 0 Å². The van der Waals surface area contributed by atoms with Gasteiger partial charge >= 0.3 is 18.2 Å². The number of carboxylic acid groups (broad SMARTS) is 1. The fourth-order valence-electron chi connectivity index (χ4n) is 3.70. The van der Waals surface area contributed by atoms with E-state index < -0.39 is 43.1 Å². The van der Waals surface area contributed by atoms with Gasteiger partial charge in [0.25, 0.3) is 0 Å². The second kappa shape index (κ2) is 5.27. The first-order valence-electron chi connectivity index (χ1n) is 7.62. The van der Waals surface area contributed by atoms with Crippen LogP contribution in [0.25, 0.3) is 0 Å². The number of alkyl halides is 3. The molecule has 0 bridgehead atoms. The Morgan fingerprint density at radius 3 is 2.04 bits per heavy atom. The molecule has 0 aromatic rings. The molecule has 1 saturated heterocycles. The minimum Gasteiger partial charge on any atom is -0.481 e. The van der Waals surface area contributed by atoms with E-state index >= 15 is 0 Å². The molecule has 1 aliphatic carbocycles. The van der Waals surface area contributed by atoms with Gasteiger partial charge in [-0.2, -0.15) is 13.2 Å². The van der Waals surface area contributed by atoms with Crippen LogP contribution in [-0.4, -0.2) is 47.8 Å². The first kappa shape index (κ1) is 17.9. The van der Waals surface area contributed by atoms with Gasteiger partial charge in [-0.05, 0) is 16.7 Å². The molecule has 132 valence electrons. The van der Waals surface area contributed by atoms with Gasteiger partial charge in [0, 0.05) is 19.6 Å². The quantitative estimate of drug-likeness (QED) is 0.832. The van der Waals surface area contributed by atoms with Gasteiger partial charge in [-0.25, -0.2) is 4.79 Å². The molecule has 2 amide bonds. The average Bonchev–Trinajstić information content (AvgIpc) is 2.76. The highest BCUT2D eigenvalue weighted by Crippen LogP contribution is 2.67. The van der Waals surface area contributed by atoms with Gasteiger partial charge in [0.15, 0.2) is 0 Å². The van der Waals surface area contributed by atoms with Crippen molar-refractivity contribution in [1.29, 1.82) is 0 Å². The zero-order chi connectivity index (χ0) is 17.8. The number of carbonyl (C=O) groups is 2. The Bertz CT molecular complexity index is 503. The van der Waals surface area contributed by atoms with Crippen LogP contribution in [0.5, 0.6) is 0 Å². The van der Waals surface area contributed by atoms with Crippen molar-refractivity contribution in [1.82, 2.24) is 10.2 Å². The Morgan fingerprint density at radius 1 is 1.17 bits per heavy atom. The number of halogens is 3. The van der Waals surface area contributed by atoms with E-state index in [1.54, 1.807) is 0 Å². The second-order valence-corrected chi connectivity index (χ2v) is 7.68. The van der Waals surface area contributed by atoms with Crippen LogP contribution in [0, 0.1) is 28.6 Å². The molecular formula is C15H23F3N2O3. The second-order valence-electron chi connectivity index (χ2n) is 7.68. The standard InChI is InChI=1S/C15H23F3N2O3/c1-13(2)10(14(13,3)4)5-19-12(23)20-6-8(11(21)22)9(7-20)15(16,17)18/h8-10H,5-7H2,1-4H3,(H,19,23)(H,21,22)/t8-,9-/m1/s1. The summed E-state index contributed by atoms with van der Waals surface area (Å²) in [5.41, 5.74) is 0.118. The summed E-state index contributed by atoms with van der Waals surface area (Å²) in [4.78, 5) is 24.1. The lowest BCUT2D eigenvalue weighted by atomic mass is 9.96. The third kappa shape index (κ3) is 2.99. The Balaban J connectivity index is 1.95. The summed E-state index contributed by atoms with van der Waals surface area (Å²) in [6, 6.07) is -0.624. The third-order valence-corrected chi connectivity index (χ3v) is 6.12. The maximum Gasteiger partial charge on any atom is 0.394 e. The van der Waals surface area contributed by atoms with Gasteiger partial charge in [-0.1, -0.05) is 27.7 Å². The van der Waals surface area contributed by atoms with Crippen molar-refractivity contribution in [2.24, 2.45) is 28.6 Å². The number of carboxylic acids is 1. The van der Waals surface area contributed by atoms with E-state index in [0.29, 0.717) is 6.54 Å². The number of hydrogen-bond donors (Lipinski definition) is 2. The van der Waals surface area contributed by atoms with Crippen molar-refractivity contribution < 1.29 is 27.9 Å². The third-order valence-electron chi connectivity index (χ3n) is 6.12. The smallest absolute Gasteiger partial charge is 0.394 e. The van der Waals surface area contributed by atoms with Crippen LogP contribution in [-0.2, 0) is 4.79 Å². The molecule has 2 atom stereocenters. The molecule has 2 aliphatic rings. The maximum atomic E-state index is 12.9. The Kier molecular flexibility index (Phi) is 4.10. The predicted octanol–water partition coefficient (Wildman–Crippen LogP) is 2.57. The summed E-state index contributed by atoms with van der Waals surface area (Å²) in [6.45, 7) is 7.69. The number of urea groups is 1. The number of hydrogen-bond acceptors (Lipinski definition) is 2. The van der Waals surface area contributed by atoms with Crippen molar-refractivity contribution in [2.45, 2.75) is 33.9 Å². The molecule has 2 N–H and O–H groups in total. The molecule has 0 unspecified atom stereocenters. The van der Waals surface area contributed by atoms with E-state index in [4.69, 9.17) is 5.11 Å². The largest absolute Gasteiger partial charge is 0.481 e. The first-order valence-corrected chi connectivity index (χ1v) is 7.62. The summed E-state index contributed by atoms with van der Waals surface area (Å²) in [6.07, 6.45) is -4.63.